The molecule has 5 nitrogen and oxygen atoms in total. The number of benzene rings is 2. The molecule has 0 bridgehead atoms. The van der Waals surface area contributed by atoms with E-state index in [4.69, 9.17) is 0 Å². The molecule has 21 heavy (non-hydrogen) atoms. The second kappa shape index (κ2) is 6.41. The summed E-state index contributed by atoms with van der Waals surface area (Å²) in [6, 6.07) is 11.1. The standard InChI is InChI=1S/C15H12BrNO4/c1-21-15(20)9-6-7-12(13(18)8-9)17-14(19)10-4-2-3-5-11(10)16/h2-8,18H,1H3,(H,17,19). The smallest absolute Gasteiger partial charge is 0.337 e. The number of anilines is 1. The minimum absolute atomic E-state index is 0.203. The van der Waals surface area contributed by atoms with Gasteiger partial charge >= 0.3 is 5.97 Å². The number of hydrogen-bond donors (Lipinski definition) is 2. The van der Waals surface area contributed by atoms with Crippen LogP contribution >= 0.6 is 15.9 Å². The van der Waals surface area contributed by atoms with Gasteiger partial charge in [-0.25, -0.2) is 4.79 Å². The second-order valence-corrected chi connectivity index (χ2v) is 5.01. The van der Waals surface area contributed by atoms with Crippen LogP contribution in [0.5, 0.6) is 5.75 Å². The normalized spacial score (nSPS) is 10.0. The maximum Gasteiger partial charge on any atom is 0.337 e. The molecule has 0 spiro atoms. The average molecular weight is 350 g/mol. The van der Waals surface area contributed by atoms with Gasteiger partial charge < -0.3 is 15.2 Å². The van der Waals surface area contributed by atoms with Crippen molar-refractivity contribution in [3.63, 3.8) is 0 Å². The SMILES string of the molecule is COC(=O)c1ccc(NC(=O)c2ccccc2Br)c(O)c1. The number of carbonyl (C=O) groups excluding carboxylic acids is 2. The Balaban J connectivity index is 2.22. The highest BCUT2D eigenvalue weighted by atomic mass is 79.9. The predicted octanol–water partition coefficient (Wildman–Crippen LogP) is 3.19. The summed E-state index contributed by atoms with van der Waals surface area (Å²) >= 11 is 3.28. The van der Waals surface area contributed by atoms with Crippen LogP contribution in [0.1, 0.15) is 20.7 Å². The zero-order valence-electron chi connectivity index (χ0n) is 11.1. The highest BCUT2D eigenvalue weighted by Crippen LogP contribution is 2.26. The summed E-state index contributed by atoms with van der Waals surface area (Å²) in [6.07, 6.45) is 0. The molecule has 108 valence electrons. The predicted molar refractivity (Wildman–Crippen MR) is 81.5 cm³/mol. The number of esters is 1. The van der Waals surface area contributed by atoms with Gasteiger partial charge in [0.05, 0.1) is 23.9 Å². The van der Waals surface area contributed by atoms with Crippen molar-refractivity contribution in [2.24, 2.45) is 0 Å². The number of amides is 1. The van der Waals surface area contributed by atoms with Crippen LogP contribution in [0.15, 0.2) is 46.9 Å². The van der Waals surface area contributed by atoms with Gasteiger partial charge in [0.2, 0.25) is 0 Å². The summed E-state index contributed by atoms with van der Waals surface area (Å²) in [6.45, 7) is 0. The van der Waals surface area contributed by atoms with E-state index in [0.29, 0.717) is 10.0 Å². The molecule has 0 saturated carbocycles. The van der Waals surface area contributed by atoms with Gasteiger partial charge in [-0.3, -0.25) is 4.79 Å². The molecule has 2 N–H and O–H groups in total. The molecular formula is C15H12BrNO4. The van der Waals surface area contributed by atoms with Gasteiger partial charge in [0.15, 0.2) is 0 Å². The van der Waals surface area contributed by atoms with Crippen LogP contribution < -0.4 is 5.32 Å². The van der Waals surface area contributed by atoms with E-state index in [1.165, 1.54) is 25.3 Å². The summed E-state index contributed by atoms with van der Waals surface area (Å²) in [5.74, 6) is -1.14. The third-order valence-corrected chi connectivity index (χ3v) is 3.48. The molecular weight excluding hydrogens is 338 g/mol. The Kier molecular flexibility index (Phi) is 4.59. The fraction of sp³-hybridized carbons (Fsp3) is 0.0667. The average Bonchev–Trinajstić information content (AvgIpc) is 2.48. The molecule has 0 heterocycles. The molecule has 0 atom stereocenters. The van der Waals surface area contributed by atoms with E-state index in [-0.39, 0.29) is 22.9 Å². The highest BCUT2D eigenvalue weighted by molar-refractivity contribution is 9.10. The molecule has 2 rings (SSSR count). The van der Waals surface area contributed by atoms with Crippen LogP contribution in [0.4, 0.5) is 5.69 Å². The molecule has 6 heteroatoms. The first-order chi connectivity index (χ1) is 10.0. The summed E-state index contributed by atoms with van der Waals surface area (Å²) in [7, 11) is 1.25. The Bertz CT molecular complexity index is 700. The van der Waals surface area contributed by atoms with E-state index in [1.807, 2.05) is 0 Å². The first kappa shape index (κ1) is 15.1. The Morgan fingerprint density at radius 2 is 1.90 bits per heavy atom. The number of phenols is 1. The Morgan fingerprint density at radius 1 is 1.19 bits per heavy atom. The summed E-state index contributed by atoms with van der Waals surface area (Å²) < 4.78 is 5.20. The number of halogens is 1. The number of carbonyl (C=O) groups is 2. The van der Waals surface area contributed by atoms with Crippen LogP contribution in [0, 0.1) is 0 Å². The Labute approximate surface area is 129 Å². The maximum absolute atomic E-state index is 12.1. The summed E-state index contributed by atoms with van der Waals surface area (Å²) in [5, 5.41) is 12.4. The Hall–Kier alpha value is -2.34. The number of nitrogens with one attached hydrogen (secondary N) is 1. The van der Waals surface area contributed by atoms with Crippen LogP contribution in [-0.4, -0.2) is 24.1 Å². The number of ether oxygens (including phenoxy) is 1. The molecule has 0 saturated heterocycles. The minimum atomic E-state index is -0.561. The fourth-order valence-corrected chi connectivity index (χ4v) is 2.18. The quantitative estimate of drug-likeness (QED) is 0.659. The molecule has 0 radical (unpaired) electrons. The molecule has 0 aliphatic rings. The minimum Gasteiger partial charge on any atom is -0.506 e. The molecule has 0 aromatic heterocycles. The zero-order valence-corrected chi connectivity index (χ0v) is 12.7. The maximum atomic E-state index is 12.1. The van der Waals surface area contributed by atoms with E-state index in [2.05, 4.69) is 26.0 Å². The van der Waals surface area contributed by atoms with Crippen LogP contribution in [0.3, 0.4) is 0 Å². The summed E-state index contributed by atoms with van der Waals surface area (Å²) in [4.78, 5) is 23.5. The van der Waals surface area contributed by atoms with Crippen LogP contribution in [-0.2, 0) is 4.74 Å². The van der Waals surface area contributed by atoms with Gasteiger partial charge in [0.25, 0.3) is 5.91 Å². The monoisotopic (exact) mass is 349 g/mol. The van der Waals surface area contributed by atoms with Gasteiger partial charge in [-0.15, -0.1) is 0 Å². The molecule has 2 aromatic carbocycles. The summed E-state index contributed by atoms with van der Waals surface area (Å²) in [5.41, 5.74) is 0.853. The van der Waals surface area contributed by atoms with E-state index in [1.54, 1.807) is 24.3 Å². The van der Waals surface area contributed by atoms with Gasteiger partial charge in [0.1, 0.15) is 5.75 Å². The van der Waals surface area contributed by atoms with Crippen molar-refractivity contribution in [2.45, 2.75) is 0 Å². The number of rotatable bonds is 3. The van der Waals surface area contributed by atoms with E-state index < -0.39 is 5.97 Å². The fourth-order valence-electron chi connectivity index (χ4n) is 1.72. The Morgan fingerprint density at radius 3 is 2.52 bits per heavy atom. The number of methoxy groups -OCH3 is 1. The first-order valence-electron chi connectivity index (χ1n) is 6.00. The largest absolute Gasteiger partial charge is 0.506 e. The topological polar surface area (TPSA) is 75.6 Å². The molecule has 1 amide bonds. The van der Waals surface area contributed by atoms with Crippen molar-refractivity contribution in [2.75, 3.05) is 12.4 Å². The van der Waals surface area contributed by atoms with Gasteiger partial charge in [-0.1, -0.05) is 12.1 Å². The van der Waals surface area contributed by atoms with Gasteiger partial charge in [-0.05, 0) is 46.3 Å². The van der Waals surface area contributed by atoms with Crippen LogP contribution in [0.2, 0.25) is 0 Å². The van der Waals surface area contributed by atoms with E-state index in [0.717, 1.165) is 0 Å². The molecule has 0 unspecified atom stereocenters. The lowest BCUT2D eigenvalue weighted by Crippen LogP contribution is -2.13. The van der Waals surface area contributed by atoms with Crippen LogP contribution in [0.25, 0.3) is 0 Å². The van der Waals surface area contributed by atoms with E-state index >= 15 is 0 Å². The van der Waals surface area contributed by atoms with Gasteiger partial charge in [0, 0.05) is 4.47 Å². The lowest BCUT2D eigenvalue weighted by molar-refractivity contribution is 0.0600. The molecule has 0 fully saturated rings. The van der Waals surface area contributed by atoms with Crippen molar-refractivity contribution in [3.05, 3.63) is 58.1 Å². The molecule has 0 aliphatic heterocycles. The number of aromatic hydroxyl groups is 1. The zero-order chi connectivity index (χ0) is 15.4. The first-order valence-corrected chi connectivity index (χ1v) is 6.79. The number of hydrogen-bond acceptors (Lipinski definition) is 4. The number of phenolic OH excluding ortho intramolecular Hbond substituents is 1. The van der Waals surface area contributed by atoms with Crippen molar-refractivity contribution in [1.82, 2.24) is 0 Å². The van der Waals surface area contributed by atoms with Crippen molar-refractivity contribution in [3.8, 4) is 5.75 Å². The van der Waals surface area contributed by atoms with Crippen molar-refractivity contribution in [1.29, 1.82) is 0 Å². The van der Waals surface area contributed by atoms with Crippen molar-refractivity contribution >= 4 is 33.5 Å². The second-order valence-electron chi connectivity index (χ2n) is 4.16. The van der Waals surface area contributed by atoms with Crippen molar-refractivity contribution < 1.29 is 19.4 Å². The lowest BCUT2D eigenvalue weighted by Gasteiger charge is -2.09. The highest BCUT2D eigenvalue weighted by Gasteiger charge is 2.13. The molecule has 2 aromatic rings. The van der Waals surface area contributed by atoms with E-state index in [9.17, 15) is 14.7 Å². The third kappa shape index (κ3) is 3.41. The lowest BCUT2D eigenvalue weighted by atomic mass is 10.1. The van der Waals surface area contributed by atoms with Gasteiger partial charge in [-0.2, -0.15) is 0 Å². The molecule has 0 aliphatic carbocycles. The third-order valence-electron chi connectivity index (χ3n) is 2.79.